The number of hydrogen-bond acceptors (Lipinski definition) is 5. The normalized spacial score (nSPS) is 22.9. The van der Waals surface area contributed by atoms with Crippen molar-refractivity contribution in [1.29, 1.82) is 0 Å². The molecule has 1 saturated heterocycles. The highest BCUT2D eigenvalue weighted by molar-refractivity contribution is 7.89. The average molecular weight is 236 g/mol. The third-order valence-electron chi connectivity index (χ3n) is 2.37. The fourth-order valence-corrected chi connectivity index (χ4v) is 2.94. The van der Waals surface area contributed by atoms with Crippen LogP contribution in [-0.2, 0) is 19.6 Å². The Hall–Kier alpha value is -0.660. The number of ether oxygens (including phenoxy) is 1. The molecule has 0 saturated carbocycles. The van der Waals surface area contributed by atoms with Crippen LogP contribution in [-0.4, -0.2) is 50.7 Å². The molecular formula is C8H16N2O4S. The van der Waals surface area contributed by atoms with Gasteiger partial charge in [0.25, 0.3) is 0 Å². The number of sulfonamides is 1. The van der Waals surface area contributed by atoms with Gasteiger partial charge in [0.15, 0.2) is 0 Å². The van der Waals surface area contributed by atoms with Gasteiger partial charge in [0.1, 0.15) is 0 Å². The summed E-state index contributed by atoms with van der Waals surface area (Å²) in [4.78, 5) is 10.8. The first-order chi connectivity index (χ1) is 6.95. The van der Waals surface area contributed by atoms with E-state index in [2.05, 4.69) is 4.74 Å². The van der Waals surface area contributed by atoms with Crippen molar-refractivity contribution in [1.82, 2.24) is 4.31 Å². The quantitative estimate of drug-likeness (QED) is 0.627. The molecule has 1 atom stereocenters. The molecule has 1 aliphatic rings. The Morgan fingerprint density at radius 3 is 2.73 bits per heavy atom. The minimum atomic E-state index is -3.35. The van der Waals surface area contributed by atoms with Crippen molar-refractivity contribution in [2.45, 2.75) is 18.9 Å². The minimum absolute atomic E-state index is 0.0853. The van der Waals surface area contributed by atoms with E-state index in [1.54, 1.807) is 0 Å². The second-order valence-corrected chi connectivity index (χ2v) is 5.64. The van der Waals surface area contributed by atoms with Crippen LogP contribution < -0.4 is 5.73 Å². The second kappa shape index (κ2) is 4.91. The highest BCUT2D eigenvalue weighted by Gasteiger charge is 2.29. The Balaban J connectivity index is 2.49. The molecule has 88 valence electrons. The number of carbonyl (C=O) groups is 1. The van der Waals surface area contributed by atoms with Crippen LogP contribution in [0.15, 0.2) is 0 Å². The van der Waals surface area contributed by atoms with Gasteiger partial charge in [-0.2, -0.15) is 0 Å². The number of esters is 1. The zero-order chi connectivity index (χ0) is 11.5. The van der Waals surface area contributed by atoms with Crippen LogP contribution in [0.4, 0.5) is 0 Å². The Labute approximate surface area is 89.4 Å². The molecule has 6 nitrogen and oxygen atoms in total. The molecule has 15 heavy (non-hydrogen) atoms. The first-order valence-electron chi connectivity index (χ1n) is 4.76. The van der Waals surface area contributed by atoms with Crippen molar-refractivity contribution in [2.75, 3.05) is 26.0 Å². The second-order valence-electron chi connectivity index (χ2n) is 3.55. The van der Waals surface area contributed by atoms with Crippen LogP contribution in [0.3, 0.4) is 0 Å². The topological polar surface area (TPSA) is 89.7 Å². The van der Waals surface area contributed by atoms with Crippen LogP contribution in [0.25, 0.3) is 0 Å². The number of hydrogen-bond donors (Lipinski definition) is 1. The Bertz CT molecular complexity index is 328. The summed E-state index contributed by atoms with van der Waals surface area (Å²) in [5.41, 5.74) is 5.61. The van der Waals surface area contributed by atoms with Crippen molar-refractivity contribution in [3.8, 4) is 0 Å². The summed E-state index contributed by atoms with van der Waals surface area (Å²) >= 11 is 0. The molecule has 0 aromatic rings. The molecule has 0 bridgehead atoms. The summed E-state index contributed by atoms with van der Waals surface area (Å²) in [6.45, 7) is 0.800. The Morgan fingerprint density at radius 2 is 2.27 bits per heavy atom. The SMILES string of the molecule is COC(=O)CCS(=O)(=O)N1CCC(N)C1. The average Bonchev–Trinajstić information content (AvgIpc) is 2.62. The van der Waals surface area contributed by atoms with Gasteiger partial charge in [-0.05, 0) is 6.42 Å². The fraction of sp³-hybridized carbons (Fsp3) is 0.875. The lowest BCUT2D eigenvalue weighted by molar-refractivity contribution is -0.140. The van der Waals surface area contributed by atoms with Crippen LogP contribution >= 0.6 is 0 Å². The van der Waals surface area contributed by atoms with E-state index in [4.69, 9.17) is 5.73 Å². The van der Waals surface area contributed by atoms with E-state index >= 15 is 0 Å². The number of rotatable bonds is 4. The van der Waals surface area contributed by atoms with Crippen molar-refractivity contribution in [3.05, 3.63) is 0 Å². The number of nitrogens with zero attached hydrogens (tertiary/aromatic N) is 1. The maximum absolute atomic E-state index is 11.7. The number of nitrogens with two attached hydrogens (primary N) is 1. The molecule has 2 N–H and O–H groups in total. The van der Waals surface area contributed by atoms with Crippen LogP contribution in [0.1, 0.15) is 12.8 Å². The van der Waals surface area contributed by atoms with Gasteiger partial charge in [-0.25, -0.2) is 12.7 Å². The van der Waals surface area contributed by atoms with Crippen molar-refractivity contribution in [3.63, 3.8) is 0 Å². The van der Waals surface area contributed by atoms with Crippen molar-refractivity contribution >= 4 is 16.0 Å². The largest absolute Gasteiger partial charge is 0.469 e. The van der Waals surface area contributed by atoms with E-state index in [-0.39, 0.29) is 18.2 Å². The van der Waals surface area contributed by atoms with Gasteiger partial charge in [0.05, 0.1) is 19.3 Å². The summed E-state index contributed by atoms with van der Waals surface area (Å²) in [5.74, 6) is -0.714. The van der Waals surface area contributed by atoms with Crippen LogP contribution in [0.5, 0.6) is 0 Å². The summed E-state index contributed by atoms with van der Waals surface area (Å²) in [7, 11) is -2.11. The summed E-state index contributed by atoms with van der Waals surface area (Å²) in [6, 6.07) is -0.0853. The fourth-order valence-electron chi connectivity index (χ4n) is 1.45. The van der Waals surface area contributed by atoms with E-state index in [0.717, 1.165) is 0 Å². The van der Waals surface area contributed by atoms with Crippen molar-refractivity contribution < 1.29 is 17.9 Å². The van der Waals surface area contributed by atoms with Gasteiger partial charge in [-0.15, -0.1) is 0 Å². The highest BCUT2D eigenvalue weighted by Crippen LogP contribution is 2.13. The lowest BCUT2D eigenvalue weighted by Crippen LogP contribution is -2.34. The smallest absolute Gasteiger partial charge is 0.306 e. The molecule has 0 aromatic heterocycles. The van der Waals surface area contributed by atoms with E-state index in [9.17, 15) is 13.2 Å². The molecule has 0 aromatic carbocycles. The molecule has 0 amide bonds. The zero-order valence-corrected chi connectivity index (χ0v) is 9.50. The third-order valence-corrected chi connectivity index (χ3v) is 4.21. The molecule has 7 heteroatoms. The predicted molar refractivity (Wildman–Crippen MR) is 54.6 cm³/mol. The van der Waals surface area contributed by atoms with Gasteiger partial charge in [-0.3, -0.25) is 4.79 Å². The summed E-state index contributed by atoms with van der Waals surface area (Å²) in [6.07, 6.45) is 0.571. The first kappa shape index (κ1) is 12.4. The monoisotopic (exact) mass is 236 g/mol. The predicted octanol–water partition coefficient (Wildman–Crippen LogP) is -1.09. The van der Waals surface area contributed by atoms with Crippen LogP contribution in [0.2, 0.25) is 0 Å². The van der Waals surface area contributed by atoms with Gasteiger partial charge in [0.2, 0.25) is 10.0 Å². The number of methoxy groups -OCH3 is 1. The molecule has 0 aliphatic carbocycles. The summed E-state index contributed by atoms with van der Waals surface area (Å²) < 4.78 is 29.0. The molecule has 0 radical (unpaired) electrons. The van der Waals surface area contributed by atoms with E-state index in [1.165, 1.54) is 11.4 Å². The minimum Gasteiger partial charge on any atom is -0.469 e. The lowest BCUT2D eigenvalue weighted by atomic mass is 10.3. The highest BCUT2D eigenvalue weighted by atomic mass is 32.2. The first-order valence-corrected chi connectivity index (χ1v) is 6.37. The molecule has 0 spiro atoms. The van der Waals surface area contributed by atoms with Gasteiger partial charge in [-0.1, -0.05) is 0 Å². The van der Waals surface area contributed by atoms with Crippen molar-refractivity contribution in [2.24, 2.45) is 5.73 Å². The Morgan fingerprint density at radius 1 is 1.60 bits per heavy atom. The Kier molecular flexibility index (Phi) is 4.06. The van der Waals surface area contributed by atoms with Gasteiger partial charge in [0, 0.05) is 19.1 Å². The maximum Gasteiger partial charge on any atom is 0.306 e. The molecular weight excluding hydrogens is 220 g/mol. The zero-order valence-electron chi connectivity index (χ0n) is 8.68. The molecule has 1 unspecified atom stereocenters. The standard InChI is InChI=1S/C8H16N2O4S/c1-14-8(11)3-5-15(12,13)10-4-2-7(9)6-10/h7H,2-6,9H2,1H3. The third kappa shape index (κ3) is 3.44. The summed E-state index contributed by atoms with van der Waals surface area (Å²) in [5, 5.41) is 0. The van der Waals surface area contributed by atoms with E-state index in [0.29, 0.717) is 19.5 Å². The van der Waals surface area contributed by atoms with E-state index < -0.39 is 16.0 Å². The number of carbonyl (C=O) groups excluding carboxylic acids is 1. The van der Waals surface area contributed by atoms with Crippen LogP contribution in [0, 0.1) is 0 Å². The van der Waals surface area contributed by atoms with E-state index in [1.807, 2.05) is 0 Å². The lowest BCUT2D eigenvalue weighted by Gasteiger charge is -2.15. The molecule has 1 rings (SSSR count). The molecule has 1 heterocycles. The maximum atomic E-state index is 11.7. The molecule has 1 fully saturated rings. The van der Waals surface area contributed by atoms with Gasteiger partial charge < -0.3 is 10.5 Å². The molecule has 1 aliphatic heterocycles. The van der Waals surface area contributed by atoms with Gasteiger partial charge >= 0.3 is 5.97 Å².